The van der Waals surface area contributed by atoms with Crippen LogP contribution in [0.5, 0.6) is 5.75 Å². The average molecular weight is 281 g/mol. The van der Waals surface area contributed by atoms with Crippen LogP contribution in [0.4, 0.5) is 4.39 Å². The zero-order valence-electron chi connectivity index (χ0n) is 11.1. The van der Waals surface area contributed by atoms with Gasteiger partial charge < -0.3 is 15.2 Å². The Bertz CT molecular complexity index is 514. The Labute approximate surface area is 116 Å². The molecule has 1 rings (SSSR count). The number of hydrogen-bond donors (Lipinski definition) is 2. The molecule has 0 atom stereocenters. The molecule has 20 heavy (non-hydrogen) atoms. The van der Waals surface area contributed by atoms with Gasteiger partial charge in [-0.1, -0.05) is 6.07 Å². The Hall–Kier alpha value is -2.37. The van der Waals surface area contributed by atoms with Crippen molar-refractivity contribution in [3.8, 4) is 5.75 Å². The maximum Gasteiger partial charge on any atom is 0.328 e. The van der Waals surface area contributed by atoms with Crippen molar-refractivity contribution in [1.82, 2.24) is 5.32 Å². The minimum Gasteiger partial charge on any atom is -0.491 e. The van der Waals surface area contributed by atoms with Crippen LogP contribution in [-0.2, 0) is 9.59 Å². The molecule has 0 aliphatic carbocycles. The van der Waals surface area contributed by atoms with E-state index in [2.05, 4.69) is 5.32 Å². The Kier molecular flexibility index (Phi) is 6.22. The fourth-order valence-electron chi connectivity index (χ4n) is 1.45. The van der Waals surface area contributed by atoms with E-state index in [1.165, 1.54) is 18.2 Å². The van der Waals surface area contributed by atoms with Gasteiger partial charge in [0.05, 0.1) is 6.61 Å². The molecule has 0 fully saturated rings. The number of carbonyl (C=O) groups is 2. The minimum atomic E-state index is -1.10. The van der Waals surface area contributed by atoms with Gasteiger partial charge in [-0.3, -0.25) is 4.79 Å². The number of aliphatic carboxylic acids is 1. The summed E-state index contributed by atoms with van der Waals surface area (Å²) in [6.45, 7) is 0.231. The smallest absolute Gasteiger partial charge is 0.328 e. The standard InChI is InChI=1S/C14H16FNO4/c1-16-13(17)3-2-8-20-12-6-4-10(9-11(12)15)5-7-14(18)19/h4-7,9H,2-3,8H2,1H3,(H,16,17)(H,18,19)/b7-5+. The second-order valence-corrected chi connectivity index (χ2v) is 3.99. The molecule has 5 nitrogen and oxygen atoms in total. The van der Waals surface area contributed by atoms with E-state index in [4.69, 9.17) is 9.84 Å². The molecule has 0 bridgehead atoms. The topological polar surface area (TPSA) is 75.6 Å². The predicted octanol–water partition coefficient (Wildman–Crippen LogP) is 1.83. The van der Waals surface area contributed by atoms with Crippen molar-refractivity contribution >= 4 is 18.0 Å². The minimum absolute atomic E-state index is 0.0781. The summed E-state index contributed by atoms with van der Waals surface area (Å²) in [5, 5.41) is 11.0. The summed E-state index contributed by atoms with van der Waals surface area (Å²) >= 11 is 0. The summed E-state index contributed by atoms with van der Waals surface area (Å²) in [5.41, 5.74) is 0.433. The molecule has 0 heterocycles. The van der Waals surface area contributed by atoms with Gasteiger partial charge in [-0.05, 0) is 30.2 Å². The molecule has 0 spiro atoms. The van der Waals surface area contributed by atoms with Crippen molar-refractivity contribution in [2.24, 2.45) is 0 Å². The van der Waals surface area contributed by atoms with Gasteiger partial charge in [0, 0.05) is 19.5 Å². The van der Waals surface area contributed by atoms with Crippen molar-refractivity contribution in [1.29, 1.82) is 0 Å². The van der Waals surface area contributed by atoms with E-state index >= 15 is 0 Å². The fourth-order valence-corrected chi connectivity index (χ4v) is 1.45. The van der Waals surface area contributed by atoms with Crippen LogP contribution in [-0.4, -0.2) is 30.6 Å². The van der Waals surface area contributed by atoms with Crippen LogP contribution in [0.25, 0.3) is 6.08 Å². The summed E-state index contributed by atoms with van der Waals surface area (Å²) in [6, 6.07) is 4.17. The first-order valence-electron chi connectivity index (χ1n) is 6.07. The van der Waals surface area contributed by atoms with E-state index in [0.29, 0.717) is 18.4 Å². The molecule has 1 aromatic carbocycles. The van der Waals surface area contributed by atoms with Crippen molar-refractivity contribution in [3.63, 3.8) is 0 Å². The number of carbonyl (C=O) groups excluding carboxylic acids is 1. The number of amides is 1. The van der Waals surface area contributed by atoms with Crippen LogP contribution in [0.1, 0.15) is 18.4 Å². The van der Waals surface area contributed by atoms with E-state index in [0.717, 1.165) is 6.08 Å². The molecule has 2 N–H and O–H groups in total. The fraction of sp³-hybridized carbons (Fsp3) is 0.286. The number of ether oxygens (including phenoxy) is 1. The van der Waals surface area contributed by atoms with Gasteiger partial charge in [0.2, 0.25) is 5.91 Å². The lowest BCUT2D eigenvalue weighted by Gasteiger charge is -2.07. The first kappa shape index (κ1) is 15.7. The van der Waals surface area contributed by atoms with Crippen LogP contribution >= 0.6 is 0 Å². The lowest BCUT2D eigenvalue weighted by molar-refractivity contribution is -0.131. The normalized spacial score (nSPS) is 10.5. The van der Waals surface area contributed by atoms with Crippen LogP contribution in [0, 0.1) is 5.82 Å². The second-order valence-electron chi connectivity index (χ2n) is 3.99. The van der Waals surface area contributed by atoms with Crippen LogP contribution in [0.3, 0.4) is 0 Å². The monoisotopic (exact) mass is 281 g/mol. The maximum atomic E-state index is 13.6. The molecular formula is C14H16FNO4. The molecule has 0 aliphatic rings. The first-order chi connectivity index (χ1) is 9.52. The molecule has 0 saturated carbocycles. The highest BCUT2D eigenvalue weighted by molar-refractivity contribution is 5.85. The van der Waals surface area contributed by atoms with Gasteiger partial charge in [-0.15, -0.1) is 0 Å². The highest BCUT2D eigenvalue weighted by Crippen LogP contribution is 2.19. The molecule has 6 heteroatoms. The molecule has 108 valence electrons. The van der Waals surface area contributed by atoms with Gasteiger partial charge in [-0.2, -0.15) is 0 Å². The third-order valence-corrected chi connectivity index (χ3v) is 2.46. The van der Waals surface area contributed by atoms with Gasteiger partial charge in [0.1, 0.15) is 0 Å². The number of carboxylic acid groups (broad SMARTS) is 1. The van der Waals surface area contributed by atoms with E-state index in [1.807, 2.05) is 0 Å². The average Bonchev–Trinajstić information content (AvgIpc) is 2.42. The van der Waals surface area contributed by atoms with Crippen LogP contribution in [0.2, 0.25) is 0 Å². The number of halogens is 1. The van der Waals surface area contributed by atoms with E-state index in [1.54, 1.807) is 13.1 Å². The molecule has 0 radical (unpaired) electrons. The molecule has 0 unspecified atom stereocenters. The van der Waals surface area contributed by atoms with Gasteiger partial charge in [-0.25, -0.2) is 9.18 Å². The summed E-state index contributed by atoms with van der Waals surface area (Å²) in [4.78, 5) is 21.3. The van der Waals surface area contributed by atoms with Crippen LogP contribution < -0.4 is 10.1 Å². The molecule has 1 aromatic rings. The molecular weight excluding hydrogens is 265 g/mol. The molecule has 0 aliphatic heterocycles. The summed E-state index contributed by atoms with van der Waals surface area (Å²) < 4.78 is 18.9. The van der Waals surface area contributed by atoms with Gasteiger partial charge in [0.15, 0.2) is 11.6 Å². The Morgan fingerprint density at radius 3 is 2.80 bits per heavy atom. The quantitative estimate of drug-likeness (QED) is 0.590. The van der Waals surface area contributed by atoms with Crippen molar-refractivity contribution in [2.45, 2.75) is 12.8 Å². The number of rotatable bonds is 7. The third kappa shape index (κ3) is 5.51. The summed E-state index contributed by atoms with van der Waals surface area (Å²) in [6.07, 6.45) is 3.02. The highest BCUT2D eigenvalue weighted by atomic mass is 19.1. The van der Waals surface area contributed by atoms with Gasteiger partial charge in [0.25, 0.3) is 0 Å². The lowest BCUT2D eigenvalue weighted by atomic mass is 10.2. The zero-order valence-corrected chi connectivity index (χ0v) is 11.1. The van der Waals surface area contributed by atoms with Crippen molar-refractivity contribution in [3.05, 3.63) is 35.7 Å². The third-order valence-electron chi connectivity index (χ3n) is 2.46. The molecule has 0 aromatic heterocycles. The molecule has 1 amide bonds. The largest absolute Gasteiger partial charge is 0.491 e. The Morgan fingerprint density at radius 2 is 2.20 bits per heavy atom. The Balaban J connectivity index is 2.51. The molecule has 0 saturated heterocycles. The highest BCUT2D eigenvalue weighted by Gasteiger charge is 2.04. The summed E-state index contributed by atoms with van der Waals surface area (Å²) in [7, 11) is 1.55. The maximum absolute atomic E-state index is 13.6. The van der Waals surface area contributed by atoms with Crippen LogP contribution in [0.15, 0.2) is 24.3 Å². The first-order valence-corrected chi connectivity index (χ1v) is 6.07. The number of nitrogens with one attached hydrogen (secondary N) is 1. The SMILES string of the molecule is CNC(=O)CCCOc1ccc(/C=C/C(=O)O)cc1F. The zero-order chi connectivity index (χ0) is 15.0. The van der Waals surface area contributed by atoms with Crippen molar-refractivity contribution in [2.75, 3.05) is 13.7 Å². The predicted molar refractivity (Wildman–Crippen MR) is 71.9 cm³/mol. The van der Waals surface area contributed by atoms with Crippen molar-refractivity contribution < 1.29 is 23.8 Å². The Morgan fingerprint density at radius 1 is 1.45 bits per heavy atom. The van der Waals surface area contributed by atoms with E-state index < -0.39 is 11.8 Å². The van der Waals surface area contributed by atoms with E-state index in [9.17, 15) is 14.0 Å². The summed E-state index contributed by atoms with van der Waals surface area (Å²) in [5.74, 6) is -1.69. The number of carboxylic acids is 1. The number of benzene rings is 1. The van der Waals surface area contributed by atoms with Gasteiger partial charge >= 0.3 is 5.97 Å². The van der Waals surface area contributed by atoms with E-state index in [-0.39, 0.29) is 18.3 Å². The second kappa shape index (κ2) is 7.93. The lowest BCUT2D eigenvalue weighted by Crippen LogP contribution is -2.18. The number of hydrogen-bond acceptors (Lipinski definition) is 3.